The average Bonchev–Trinajstić information content (AvgIpc) is 3.01. The second kappa shape index (κ2) is 10.1. The summed E-state index contributed by atoms with van der Waals surface area (Å²) in [6, 6.07) is -0.471. The molecule has 9 nitrogen and oxygen atoms in total. The van der Waals surface area contributed by atoms with Gasteiger partial charge >= 0.3 is 23.8 Å². The molecule has 0 aliphatic carbocycles. The summed E-state index contributed by atoms with van der Waals surface area (Å²) in [6.45, 7) is 3.99. The smallest absolute Gasteiger partial charge is 0.396 e. The molecule has 1 aliphatic heterocycles. The van der Waals surface area contributed by atoms with Gasteiger partial charge < -0.3 is 20.5 Å². The number of carboxylic acid groups (broad SMARTS) is 1. The summed E-state index contributed by atoms with van der Waals surface area (Å²) in [5, 5.41) is 7.52. The monoisotopic (exact) mass is 328 g/mol. The predicted octanol–water partition coefficient (Wildman–Crippen LogP) is -0.758. The molecular weight excluding hydrogens is 308 g/mol. The number of Topliss-reactive ketones (excluding diaryl/α,β-unsaturated/α-hetero) is 1. The number of nitrogens with two attached hydrogens (primary N) is 1. The number of aliphatic carboxylic acids is 1. The first-order chi connectivity index (χ1) is 10.8. The largest absolute Gasteiger partial charge is 0.474 e. The molecule has 0 aromatic rings. The number of primary amides is 1. The van der Waals surface area contributed by atoms with E-state index in [4.69, 9.17) is 5.11 Å². The SMILES string of the molecule is C=CCCC(=O)C1CCCN1C(=O)C(=O)OC.NC(=O)C(=O)O. The third kappa shape index (κ3) is 6.72. The van der Waals surface area contributed by atoms with Crippen LogP contribution in [0, 0.1) is 0 Å². The highest BCUT2D eigenvalue weighted by Gasteiger charge is 2.36. The van der Waals surface area contributed by atoms with Crippen LogP contribution < -0.4 is 5.73 Å². The molecule has 1 fully saturated rings. The van der Waals surface area contributed by atoms with Gasteiger partial charge in [-0.2, -0.15) is 0 Å². The van der Waals surface area contributed by atoms with E-state index in [1.54, 1.807) is 6.08 Å². The topological polar surface area (TPSA) is 144 Å². The number of hydrogen-bond donors (Lipinski definition) is 2. The van der Waals surface area contributed by atoms with Crippen LogP contribution >= 0.6 is 0 Å². The fourth-order valence-corrected chi connectivity index (χ4v) is 1.96. The Bertz CT molecular complexity index is 489. The maximum atomic E-state index is 11.8. The van der Waals surface area contributed by atoms with Crippen molar-refractivity contribution in [1.82, 2.24) is 4.90 Å². The van der Waals surface area contributed by atoms with Crippen LogP contribution in [0.2, 0.25) is 0 Å². The summed E-state index contributed by atoms with van der Waals surface area (Å²) in [7, 11) is 1.16. The molecule has 1 rings (SSSR count). The number of carbonyl (C=O) groups is 5. The van der Waals surface area contributed by atoms with E-state index in [1.807, 2.05) is 0 Å². The van der Waals surface area contributed by atoms with Crippen LogP contribution in [-0.2, 0) is 28.7 Å². The molecule has 0 aromatic heterocycles. The highest BCUT2D eigenvalue weighted by atomic mass is 16.5. The zero-order valence-corrected chi connectivity index (χ0v) is 12.8. The number of methoxy groups -OCH3 is 1. The summed E-state index contributed by atoms with van der Waals surface area (Å²) >= 11 is 0. The van der Waals surface area contributed by atoms with E-state index in [-0.39, 0.29) is 5.78 Å². The molecule has 0 spiro atoms. The molecule has 23 heavy (non-hydrogen) atoms. The van der Waals surface area contributed by atoms with Crippen LogP contribution in [0.4, 0.5) is 0 Å². The van der Waals surface area contributed by atoms with Crippen molar-refractivity contribution in [2.24, 2.45) is 5.73 Å². The average molecular weight is 328 g/mol. The molecule has 1 aliphatic rings. The zero-order valence-electron chi connectivity index (χ0n) is 12.8. The first-order valence-corrected chi connectivity index (χ1v) is 6.81. The molecule has 1 unspecified atom stereocenters. The normalized spacial score (nSPS) is 15.9. The van der Waals surface area contributed by atoms with Gasteiger partial charge in [-0.25, -0.2) is 9.59 Å². The fraction of sp³-hybridized carbons (Fsp3) is 0.500. The van der Waals surface area contributed by atoms with E-state index in [9.17, 15) is 24.0 Å². The highest BCUT2D eigenvalue weighted by Crippen LogP contribution is 2.20. The lowest BCUT2D eigenvalue weighted by Crippen LogP contribution is -2.44. The van der Waals surface area contributed by atoms with Crippen molar-refractivity contribution >= 4 is 29.5 Å². The van der Waals surface area contributed by atoms with Crippen LogP contribution in [-0.4, -0.2) is 59.2 Å². The van der Waals surface area contributed by atoms with Gasteiger partial charge in [-0.05, 0) is 19.3 Å². The third-order valence-corrected chi connectivity index (χ3v) is 3.05. The number of ether oxygens (including phenoxy) is 1. The lowest BCUT2D eigenvalue weighted by atomic mass is 10.1. The van der Waals surface area contributed by atoms with Gasteiger partial charge in [0, 0.05) is 13.0 Å². The van der Waals surface area contributed by atoms with E-state index in [2.05, 4.69) is 17.0 Å². The van der Waals surface area contributed by atoms with E-state index < -0.39 is 29.8 Å². The second-order valence-electron chi connectivity index (χ2n) is 4.61. The molecule has 2 amide bonds. The van der Waals surface area contributed by atoms with Crippen molar-refractivity contribution < 1.29 is 33.8 Å². The molecule has 0 aromatic carbocycles. The molecule has 1 heterocycles. The van der Waals surface area contributed by atoms with Gasteiger partial charge in [-0.15, -0.1) is 6.58 Å². The van der Waals surface area contributed by atoms with Crippen molar-refractivity contribution in [3.8, 4) is 0 Å². The van der Waals surface area contributed by atoms with Crippen molar-refractivity contribution in [3.63, 3.8) is 0 Å². The zero-order chi connectivity index (χ0) is 18.0. The Morgan fingerprint density at radius 2 is 1.91 bits per heavy atom. The number of carboxylic acids is 1. The second-order valence-corrected chi connectivity index (χ2v) is 4.61. The molecule has 128 valence electrons. The quantitative estimate of drug-likeness (QED) is 0.392. The molecule has 3 N–H and O–H groups in total. The summed E-state index contributed by atoms with van der Waals surface area (Å²) in [5.41, 5.74) is 4.20. The maximum absolute atomic E-state index is 11.8. The van der Waals surface area contributed by atoms with Crippen LogP contribution in [0.1, 0.15) is 25.7 Å². The Morgan fingerprint density at radius 3 is 2.35 bits per heavy atom. The van der Waals surface area contributed by atoms with E-state index in [0.29, 0.717) is 25.8 Å². The van der Waals surface area contributed by atoms with Crippen molar-refractivity contribution in [3.05, 3.63) is 12.7 Å². The lowest BCUT2D eigenvalue weighted by Gasteiger charge is -2.22. The minimum atomic E-state index is -1.60. The number of nitrogens with zero attached hydrogens (tertiary/aromatic N) is 1. The maximum Gasteiger partial charge on any atom is 0.396 e. The lowest BCUT2D eigenvalue weighted by molar-refractivity contribution is -0.159. The minimum Gasteiger partial charge on any atom is -0.474 e. The number of allylic oxidation sites excluding steroid dienone is 1. The van der Waals surface area contributed by atoms with Gasteiger partial charge in [0.25, 0.3) is 0 Å². The Hall–Kier alpha value is -2.71. The van der Waals surface area contributed by atoms with Gasteiger partial charge in [0.2, 0.25) is 0 Å². The Morgan fingerprint density at radius 1 is 1.35 bits per heavy atom. The van der Waals surface area contributed by atoms with Crippen LogP contribution in [0.15, 0.2) is 12.7 Å². The summed E-state index contributed by atoms with van der Waals surface area (Å²) in [5.74, 6) is -4.57. The van der Waals surface area contributed by atoms with Crippen molar-refractivity contribution in [2.75, 3.05) is 13.7 Å². The van der Waals surface area contributed by atoms with E-state index in [1.165, 1.54) is 4.90 Å². The summed E-state index contributed by atoms with van der Waals surface area (Å²) in [4.78, 5) is 54.5. The van der Waals surface area contributed by atoms with Gasteiger partial charge in [0.05, 0.1) is 13.2 Å². The molecule has 1 atom stereocenters. The van der Waals surface area contributed by atoms with Crippen molar-refractivity contribution in [2.45, 2.75) is 31.7 Å². The molecule has 1 saturated heterocycles. The first-order valence-electron chi connectivity index (χ1n) is 6.81. The number of carbonyl (C=O) groups excluding carboxylic acids is 4. The van der Waals surface area contributed by atoms with Gasteiger partial charge in [0.15, 0.2) is 5.78 Å². The highest BCUT2D eigenvalue weighted by molar-refractivity contribution is 6.32. The van der Waals surface area contributed by atoms with E-state index in [0.717, 1.165) is 13.5 Å². The Balaban J connectivity index is 0.000000688. The number of esters is 1. The fourth-order valence-electron chi connectivity index (χ4n) is 1.96. The van der Waals surface area contributed by atoms with Crippen LogP contribution in [0.5, 0.6) is 0 Å². The number of ketones is 1. The molecule has 0 radical (unpaired) electrons. The molecule has 0 saturated carbocycles. The van der Waals surface area contributed by atoms with Crippen LogP contribution in [0.25, 0.3) is 0 Å². The molecular formula is C14H20N2O7. The number of amides is 2. The molecule has 0 bridgehead atoms. The summed E-state index contributed by atoms with van der Waals surface area (Å²) < 4.78 is 4.38. The number of hydrogen-bond acceptors (Lipinski definition) is 6. The number of likely N-dealkylation sites (tertiary alicyclic amines) is 1. The number of rotatable bonds is 4. The predicted molar refractivity (Wildman–Crippen MR) is 78.0 cm³/mol. The minimum absolute atomic E-state index is 0.0142. The summed E-state index contributed by atoms with van der Waals surface area (Å²) in [6.07, 6.45) is 3.99. The van der Waals surface area contributed by atoms with Gasteiger partial charge in [-0.1, -0.05) is 6.08 Å². The van der Waals surface area contributed by atoms with Crippen molar-refractivity contribution in [1.29, 1.82) is 0 Å². The Kier molecular flexibility index (Phi) is 8.90. The van der Waals surface area contributed by atoms with Gasteiger partial charge in [-0.3, -0.25) is 14.4 Å². The van der Waals surface area contributed by atoms with Crippen LogP contribution in [0.3, 0.4) is 0 Å². The van der Waals surface area contributed by atoms with E-state index >= 15 is 0 Å². The van der Waals surface area contributed by atoms with Gasteiger partial charge in [0.1, 0.15) is 0 Å². The first kappa shape index (κ1) is 20.3. The standard InChI is InChI=1S/C12H17NO4.C2H3NO3/c1-3-4-7-10(14)9-6-5-8-13(9)11(15)12(16)17-2;3-1(4)2(5)6/h3,9H,1,4-8H2,2H3;(H2,3,4)(H,5,6). The third-order valence-electron chi connectivity index (χ3n) is 3.05. The Labute approximate surface area is 133 Å². The molecule has 9 heteroatoms.